The van der Waals surface area contributed by atoms with E-state index >= 15 is 0 Å². The fourth-order valence-electron chi connectivity index (χ4n) is 5.64. The first-order valence-corrected chi connectivity index (χ1v) is 10.8. The van der Waals surface area contributed by atoms with E-state index in [1.165, 1.54) is 16.8 Å². The molecule has 5 nitrogen and oxygen atoms in total. The highest BCUT2D eigenvalue weighted by molar-refractivity contribution is 5.92. The Bertz CT molecular complexity index is 1130. The van der Waals surface area contributed by atoms with Crippen molar-refractivity contribution in [1.29, 1.82) is 0 Å². The van der Waals surface area contributed by atoms with E-state index in [4.69, 9.17) is 9.47 Å². The standard InChI is InChI=1S/C26H29NO4/c1-15-12-26(2,3)27(17-6-5-16(11-17)13-28)20-8-7-18-19(23(15)20)14-31-22-10-9-21(29)25(30-4)24(18)22/h7-12,17,28-29H,5-6,13-14H2,1-4H3/t17-/m0/s1. The van der Waals surface area contributed by atoms with Crippen LogP contribution in [0.5, 0.6) is 17.2 Å². The maximum absolute atomic E-state index is 10.4. The Balaban J connectivity index is 1.72. The van der Waals surface area contributed by atoms with Gasteiger partial charge in [-0.3, -0.25) is 0 Å². The lowest BCUT2D eigenvalue weighted by atomic mass is 9.82. The molecule has 1 aliphatic carbocycles. The van der Waals surface area contributed by atoms with Gasteiger partial charge in [0.25, 0.3) is 0 Å². The minimum atomic E-state index is -0.152. The second-order valence-corrected chi connectivity index (χ2v) is 9.21. The van der Waals surface area contributed by atoms with Gasteiger partial charge in [0.15, 0.2) is 11.5 Å². The number of rotatable bonds is 3. The van der Waals surface area contributed by atoms with Gasteiger partial charge in [-0.15, -0.1) is 0 Å². The summed E-state index contributed by atoms with van der Waals surface area (Å²) in [6.07, 6.45) is 6.50. The minimum absolute atomic E-state index is 0.109. The zero-order valence-electron chi connectivity index (χ0n) is 18.5. The summed E-state index contributed by atoms with van der Waals surface area (Å²) in [6.45, 7) is 7.26. The molecule has 2 aliphatic heterocycles. The highest BCUT2D eigenvalue weighted by Gasteiger charge is 2.39. The topological polar surface area (TPSA) is 62.2 Å². The van der Waals surface area contributed by atoms with Crippen LogP contribution in [0.25, 0.3) is 16.7 Å². The van der Waals surface area contributed by atoms with Crippen molar-refractivity contribution in [1.82, 2.24) is 0 Å². The van der Waals surface area contributed by atoms with Gasteiger partial charge in [0, 0.05) is 22.9 Å². The fourth-order valence-corrected chi connectivity index (χ4v) is 5.64. The van der Waals surface area contributed by atoms with Crippen molar-refractivity contribution in [2.24, 2.45) is 0 Å². The molecule has 0 unspecified atom stereocenters. The number of fused-ring (bicyclic) bond motifs is 5. The lowest BCUT2D eigenvalue weighted by Gasteiger charge is -2.47. The fraction of sp³-hybridized carbons (Fsp3) is 0.385. The third-order valence-electron chi connectivity index (χ3n) is 6.80. The van der Waals surface area contributed by atoms with Crippen LogP contribution in [0, 0.1) is 0 Å². The van der Waals surface area contributed by atoms with E-state index in [1.807, 2.05) is 0 Å². The zero-order chi connectivity index (χ0) is 21.9. The highest BCUT2D eigenvalue weighted by atomic mass is 16.5. The van der Waals surface area contributed by atoms with Gasteiger partial charge in [0.2, 0.25) is 0 Å². The predicted molar refractivity (Wildman–Crippen MR) is 123 cm³/mol. The molecule has 31 heavy (non-hydrogen) atoms. The molecule has 0 radical (unpaired) electrons. The van der Waals surface area contributed by atoms with Crippen molar-refractivity contribution >= 4 is 11.3 Å². The van der Waals surface area contributed by atoms with E-state index < -0.39 is 0 Å². The average Bonchev–Trinajstić information content (AvgIpc) is 3.20. The summed E-state index contributed by atoms with van der Waals surface area (Å²) < 4.78 is 11.7. The molecule has 0 saturated heterocycles. The normalized spacial score (nSPS) is 20.8. The summed E-state index contributed by atoms with van der Waals surface area (Å²) in [6, 6.07) is 7.98. The third kappa shape index (κ3) is 2.94. The Morgan fingerprint density at radius 1 is 1.19 bits per heavy atom. The maximum Gasteiger partial charge on any atom is 0.172 e. The quantitative estimate of drug-likeness (QED) is 0.682. The number of benzene rings is 2. The molecule has 2 aromatic carbocycles. The number of allylic oxidation sites excluding steroid dienone is 1. The number of aliphatic hydroxyl groups is 1. The molecule has 0 fully saturated rings. The molecule has 2 heterocycles. The summed E-state index contributed by atoms with van der Waals surface area (Å²) in [5.41, 5.74) is 7.53. The number of phenolic OH excluding ortho intramolecular Hbond substituents is 1. The molecule has 0 saturated carbocycles. The molecule has 0 amide bonds. The van der Waals surface area contributed by atoms with Gasteiger partial charge >= 0.3 is 0 Å². The number of hydrogen-bond donors (Lipinski definition) is 2. The third-order valence-corrected chi connectivity index (χ3v) is 6.80. The van der Waals surface area contributed by atoms with E-state index in [2.05, 4.69) is 50.0 Å². The maximum atomic E-state index is 10.4. The van der Waals surface area contributed by atoms with Crippen LogP contribution in [0.3, 0.4) is 0 Å². The monoisotopic (exact) mass is 419 g/mol. The van der Waals surface area contributed by atoms with Crippen LogP contribution in [0.2, 0.25) is 0 Å². The second-order valence-electron chi connectivity index (χ2n) is 9.21. The molecule has 5 rings (SSSR count). The van der Waals surface area contributed by atoms with Crippen LogP contribution in [-0.2, 0) is 6.61 Å². The van der Waals surface area contributed by atoms with Crippen molar-refractivity contribution in [3.63, 3.8) is 0 Å². The van der Waals surface area contributed by atoms with E-state index in [1.54, 1.807) is 19.2 Å². The highest BCUT2D eigenvalue weighted by Crippen LogP contribution is 2.52. The van der Waals surface area contributed by atoms with Crippen molar-refractivity contribution in [2.75, 3.05) is 18.6 Å². The summed E-state index contributed by atoms with van der Waals surface area (Å²) in [5.74, 6) is 1.28. The summed E-state index contributed by atoms with van der Waals surface area (Å²) in [4.78, 5) is 2.48. The van der Waals surface area contributed by atoms with Crippen molar-refractivity contribution in [3.8, 4) is 28.4 Å². The van der Waals surface area contributed by atoms with Crippen LogP contribution in [0.1, 0.15) is 44.7 Å². The molecule has 0 bridgehead atoms. The van der Waals surface area contributed by atoms with Crippen molar-refractivity contribution < 1.29 is 19.7 Å². The summed E-state index contributed by atoms with van der Waals surface area (Å²) >= 11 is 0. The summed E-state index contributed by atoms with van der Waals surface area (Å²) in [5, 5.41) is 20.0. The Morgan fingerprint density at radius 2 is 2.00 bits per heavy atom. The Hall–Kier alpha value is -2.92. The number of anilines is 1. The van der Waals surface area contributed by atoms with E-state index in [0.717, 1.165) is 40.9 Å². The average molecular weight is 420 g/mol. The van der Waals surface area contributed by atoms with E-state index in [-0.39, 0.29) is 23.9 Å². The lowest BCUT2D eigenvalue weighted by Crippen LogP contribution is -2.50. The number of phenols is 1. The van der Waals surface area contributed by atoms with E-state index in [9.17, 15) is 10.2 Å². The van der Waals surface area contributed by atoms with Gasteiger partial charge in [-0.05, 0) is 68.5 Å². The van der Waals surface area contributed by atoms with Gasteiger partial charge in [-0.1, -0.05) is 18.2 Å². The van der Waals surface area contributed by atoms with Gasteiger partial charge in [-0.25, -0.2) is 0 Å². The molecular formula is C26H29NO4. The first-order chi connectivity index (χ1) is 14.9. The summed E-state index contributed by atoms with van der Waals surface area (Å²) in [7, 11) is 1.57. The molecule has 3 aliphatic rings. The van der Waals surface area contributed by atoms with Gasteiger partial charge in [-0.2, -0.15) is 0 Å². The Kier molecular flexibility index (Phi) is 4.56. The molecule has 2 aromatic rings. The predicted octanol–water partition coefficient (Wildman–Crippen LogP) is 5.04. The Labute approximate surface area is 183 Å². The van der Waals surface area contributed by atoms with Crippen LogP contribution >= 0.6 is 0 Å². The first-order valence-electron chi connectivity index (χ1n) is 10.8. The minimum Gasteiger partial charge on any atom is -0.504 e. The van der Waals surface area contributed by atoms with Crippen molar-refractivity contribution in [2.45, 2.75) is 51.8 Å². The number of aliphatic hydroxyl groups excluding tert-OH is 1. The molecule has 0 aromatic heterocycles. The van der Waals surface area contributed by atoms with Gasteiger partial charge < -0.3 is 24.6 Å². The molecule has 2 N–H and O–H groups in total. The van der Waals surface area contributed by atoms with Gasteiger partial charge in [0.05, 0.1) is 24.8 Å². The number of nitrogens with zero attached hydrogens (tertiary/aromatic N) is 1. The van der Waals surface area contributed by atoms with Crippen LogP contribution in [0.15, 0.2) is 42.0 Å². The molecular weight excluding hydrogens is 390 g/mol. The van der Waals surface area contributed by atoms with E-state index in [0.29, 0.717) is 12.4 Å². The zero-order valence-corrected chi connectivity index (χ0v) is 18.5. The number of ether oxygens (including phenoxy) is 2. The molecule has 0 spiro atoms. The Morgan fingerprint density at radius 3 is 2.71 bits per heavy atom. The van der Waals surface area contributed by atoms with Crippen LogP contribution in [0.4, 0.5) is 5.69 Å². The van der Waals surface area contributed by atoms with Crippen LogP contribution < -0.4 is 14.4 Å². The molecule has 5 heteroatoms. The molecule has 162 valence electrons. The first kappa shape index (κ1) is 20.0. The van der Waals surface area contributed by atoms with Crippen LogP contribution in [-0.4, -0.2) is 35.5 Å². The second kappa shape index (κ2) is 7.06. The SMILES string of the molecule is COc1c(O)ccc2c1-c1ccc3c(c1CO2)C(C)=CC(C)(C)N3[C@@H]1C=C(CO)CC1. The lowest BCUT2D eigenvalue weighted by molar-refractivity contribution is 0.296. The smallest absolute Gasteiger partial charge is 0.172 e. The number of hydrogen-bond acceptors (Lipinski definition) is 5. The van der Waals surface area contributed by atoms with Crippen molar-refractivity contribution in [3.05, 3.63) is 53.1 Å². The largest absolute Gasteiger partial charge is 0.504 e. The van der Waals surface area contributed by atoms with Gasteiger partial charge in [0.1, 0.15) is 12.4 Å². The number of methoxy groups -OCH3 is 1. The number of aromatic hydroxyl groups is 1. The molecule has 1 atom stereocenters.